The van der Waals surface area contributed by atoms with Crippen LogP contribution in [0.3, 0.4) is 0 Å². The van der Waals surface area contributed by atoms with E-state index in [-0.39, 0.29) is 17.1 Å². The molecule has 7 heteroatoms. The maximum Gasteiger partial charge on any atom is 0.332 e. The molecule has 1 heterocycles. The Morgan fingerprint density at radius 2 is 1.88 bits per heavy atom. The van der Waals surface area contributed by atoms with E-state index in [9.17, 15) is 14.7 Å². The number of urea groups is 1. The molecule has 26 heavy (non-hydrogen) atoms. The van der Waals surface area contributed by atoms with Gasteiger partial charge in [-0.1, -0.05) is 41.9 Å². The fourth-order valence-corrected chi connectivity index (χ4v) is 3.20. The van der Waals surface area contributed by atoms with Crippen molar-refractivity contribution >= 4 is 29.2 Å². The molecule has 6 nitrogen and oxygen atoms in total. The lowest BCUT2D eigenvalue weighted by Crippen LogP contribution is -2.37. The largest absolute Gasteiger partial charge is 0.394 e. The van der Waals surface area contributed by atoms with Gasteiger partial charge in [-0.2, -0.15) is 5.26 Å². The fourth-order valence-electron chi connectivity index (χ4n) is 3.00. The number of halogens is 1. The first-order chi connectivity index (χ1) is 12.5. The Hall–Kier alpha value is -2.88. The third-order valence-corrected chi connectivity index (χ3v) is 4.89. The monoisotopic (exact) mass is 369 g/mol. The smallest absolute Gasteiger partial charge is 0.332 e. The molecule has 0 saturated carbocycles. The molecule has 3 rings (SSSR count). The Morgan fingerprint density at radius 3 is 2.50 bits per heavy atom. The minimum absolute atomic E-state index is 0.202. The predicted octanol–water partition coefficient (Wildman–Crippen LogP) is 2.85. The molecular formula is C19H16ClN3O3. The molecule has 1 atom stereocenters. The summed E-state index contributed by atoms with van der Waals surface area (Å²) in [6, 6.07) is 12.7. The van der Waals surface area contributed by atoms with E-state index >= 15 is 0 Å². The summed E-state index contributed by atoms with van der Waals surface area (Å²) in [4.78, 5) is 28.0. The summed E-state index contributed by atoms with van der Waals surface area (Å²) < 4.78 is 0. The second-order valence-electron chi connectivity index (χ2n) is 5.95. The maximum absolute atomic E-state index is 12.9. The number of hydrogen-bond donors (Lipinski definition) is 1. The van der Waals surface area contributed by atoms with Crippen molar-refractivity contribution in [3.05, 3.63) is 64.2 Å². The van der Waals surface area contributed by atoms with E-state index in [0.29, 0.717) is 11.3 Å². The van der Waals surface area contributed by atoms with Crippen LogP contribution >= 0.6 is 11.6 Å². The second kappa shape index (κ2) is 7.16. The normalized spacial score (nSPS) is 16.9. The number of carbonyl (C=O) groups is 2. The summed E-state index contributed by atoms with van der Waals surface area (Å²) >= 11 is 6.17. The lowest BCUT2D eigenvalue weighted by Gasteiger charge is -2.21. The minimum Gasteiger partial charge on any atom is -0.394 e. The zero-order valence-electron chi connectivity index (χ0n) is 14.0. The first kappa shape index (κ1) is 17.9. The molecule has 0 spiro atoms. The predicted molar refractivity (Wildman–Crippen MR) is 96.6 cm³/mol. The molecule has 1 aliphatic rings. The van der Waals surface area contributed by atoms with Crippen molar-refractivity contribution in [2.24, 2.45) is 0 Å². The van der Waals surface area contributed by atoms with Crippen molar-refractivity contribution in [3.63, 3.8) is 0 Å². The molecule has 1 fully saturated rings. The van der Waals surface area contributed by atoms with Gasteiger partial charge in [-0.05, 0) is 30.2 Å². The number of aliphatic hydroxyl groups excluding tert-OH is 1. The fraction of sp³-hybridized carbons (Fsp3) is 0.211. The lowest BCUT2D eigenvalue weighted by molar-refractivity contribution is -0.120. The number of hydrogen-bond acceptors (Lipinski definition) is 4. The molecule has 1 aliphatic heterocycles. The van der Waals surface area contributed by atoms with Gasteiger partial charge in [-0.15, -0.1) is 0 Å². The van der Waals surface area contributed by atoms with E-state index in [1.807, 2.05) is 36.4 Å². The summed E-state index contributed by atoms with van der Waals surface area (Å²) in [5, 5.41) is 18.9. The molecule has 1 N–H and O–H groups in total. The van der Waals surface area contributed by atoms with E-state index in [2.05, 4.69) is 0 Å². The van der Waals surface area contributed by atoms with Crippen LogP contribution in [-0.4, -0.2) is 34.6 Å². The van der Waals surface area contributed by atoms with Crippen LogP contribution < -0.4 is 4.90 Å². The summed E-state index contributed by atoms with van der Waals surface area (Å²) in [5.41, 5.74) is 1.90. The molecule has 2 aromatic carbocycles. The quantitative estimate of drug-likeness (QED) is 0.840. The maximum atomic E-state index is 12.9. The third kappa shape index (κ3) is 2.92. The van der Waals surface area contributed by atoms with Crippen LogP contribution in [0.4, 0.5) is 10.5 Å². The van der Waals surface area contributed by atoms with E-state index in [4.69, 9.17) is 16.9 Å². The van der Waals surface area contributed by atoms with Gasteiger partial charge in [0.25, 0.3) is 5.91 Å². The van der Waals surface area contributed by atoms with Crippen LogP contribution in [0, 0.1) is 18.3 Å². The number of anilines is 1. The lowest BCUT2D eigenvalue weighted by atomic mass is 10.1. The van der Waals surface area contributed by atoms with Crippen LogP contribution in [0.2, 0.25) is 5.02 Å². The van der Waals surface area contributed by atoms with Gasteiger partial charge >= 0.3 is 6.03 Å². The van der Waals surface area contributed by atoms with Crippen LogP contribution in [0.1, 0.15) is 16.7 Å². The average molecular weight is 370 g/mol. The van der Waals surface area contributed by atoms with Gasteiger partial charge in [-0.3, -0.25) is 4.79 Å². The molecule has 132 valence electrons. The molecule has 0 aliphatic carbocycles. The molecule has 0 unspecified atom stereocenters. The SMILES string of the molecule is Cc1c(N2C(=O)[C@H](CO)N(Cc3ccccc3)C2=O)ccc(C#N)c1Cl. The second-order valence-corrected chi connectivity index (χ2v) is 6.33. The van der Waals surface area contributed by atoms with Gasteiger partial charge in [0.2, 0.25) is 0 Å². The van der Waals surface area contributed by atoms with Gasteiger partial charge in [-0.25, -0.2) is 9.69 Å². The minimum atomic E-state index is -0.962. The van der Waals surface area contributed by atoms with Gasteiger partial charge in [0.1, 0.15) is 12.1 Å². The molecule has 0 bridgehead atoms. The third-order valence-electron chi connectivity index (χ3n) is 4.41. The molecule has 0 radical (unpaired) electrons. The van der Waals surface area contributed by atoms with Crippen molar-refractivity contribution in [2.45, 2.75) is 19.5 Å². The van der Waals surface area contributed by atoms with Gasteiger partial charge in [0.05, 0.1) is 22.9 Å². The Labute approximate surface area is 155 Å². The highest BCUT2D eigenvalue weighted by molar-refractivity contribution is 6.33. The number of nitriles is 1. The Kier molecular flexibility index (Phi) is 4.94. The first-order valence-electron chi connectivity index (χ1n) is 7.98. The summed E-state index contributed by atoms with van der Waals surface area (Å²) in [6.45, 7) is 1.38. The van der Waals surface area contributed by atoms with E-state index in [0.717, 1.165) is 10.5 Å². The van der Waals surface area contributed by atoms with Crippen LogP contribution in [0.5, 0.6) is 0 Å². The van der Waals surface area contributed by atoms with Crippen LogP contribution in [0.25, 0.3) is 0 Å². The standard InChI is InChI=1S/C19H16ClN3O3/c1-12-15(8-7-14(9-21)17(12)20)23-18(25)16(11-24)22(19(23)26)10-13-5-3-2-4-6-13/h2-8,16,24H,10-11H2,1H3/t16-/m0/s1. The molecular weight excluding hydrogens is 354 g/mol. The number of rotatable bonds is 4. The molecule has 3 amide bonds. The number of nitrogens with zero attached hydrogens (tertiary/aromatic N) is 3. The number of aliphatic hydroxyl groups is 1. The molecule has 0 aromatic heterocycles. The number of benzene rings is 2. The van der Waals surface area contributed by atoms with Crippen molar-refractivity contribution in [3.8, 4) is 6.07 Å². The van der Waals surface area contributed by atoms with Gasteiger partial charge in [0.15, 0.2) is 0 Å². The van der Waals surface area contributed by atoms with Crippen LogP contribution in [0.15, 0.2) is 42.5 Å². The summed E-state index contributed by atoms with van der Waals surface area (Å²) in [6.07, 6.45) is 0. The highest BCUT2D eigenvalue weighted by Gasteiger charge is 2.46. The Bertz CT molecular complexity index is 908. The number of imide groups is 1. The molecule has 1 saturated heterocycles. The number of amides is 3. The van der Waals surface area contributed by atoms with Crippen LogP contribution in [-0.2, 0) is 11.3 Å². The highest BCUT2D eigenvalue weighted by Crippen LogP contribution is 2.34. The topological polar surface area (TPSA) is 84.6 Å². The van der Waals surface area contributed by atoms with E-state index in [1.54, 1.807) is 6.92 Å². The summed E-state index contributed by atoms with van der Waals surface area (Å²) in [7, 11) is 0. The van der Waals surface area contributed by atoms with E-state index < -0.39 is 24.6 Å². The van der Waals surface area contributed by atoms with Crippen molar-refractivity contribution in [1.29, 1.82) is 5.26 Å². The van der Waals surface area contributed by atoms with Gasteiger partial charge < -0.3 is 10.0 Å². The highest BCUT2D eigenvalue weighted by atomic mass is 35.5. The Balaban J connectivity index is 1.99. The average Bonchev–Trinajstić information content (AvgIpc) is 2.88. The zero-order valence-corrected chi connectivity index (χ0v) is 14.8. The molecule has 2 aromatic rings. The van der Waals surface area contributed by atoms with Crippen molar-refractivity contribution in [1.82, 2.24) is 4.90 Å². The Morgan fingerprint density at radius 1 is 1.19 bits per heavy atom. The van der Waals surface area contributed by atoms with E-state index in [1.165, 1.54) is 17.0 Å². The number of carbonyl (C=O) groups excluding carboxylic acids is 2. The van der Waals surface area contributed by atoms with Gasteiger partial charge in [0, 0.05) is 6.54 Å². The van der Waals surface area contributed by atoms with Crippen molar-refractivity contribution < 1.29 is 14.7 Å². The zero-order chi connectivity index (χ0) is 18.8. The van der Waals surface area contributed by atoms with Crippen molar-refractivity contribution in [2.75, 3.05) is 11.5 Å². The first-order valence-corrected chi connectivity index (χ1v) is 8.36. The summed E-state index contributed by atoms with van der Waals surface area (Å²) in [5.74, 6) is -0.516.